The molecule has 142 valence electrons. The zero-order valence-corrected chi connectivity index (χ0v) is 15.6. The number of piperidine rings is 1. The van der Waals surface area contributed by atoms with Gasteiger partial charge in [-0.3, -0.25) is 19.4 Å². The molecule has 0 radical (unpaired) electrons. The predicted octanol–water partition coefficient (Wildman–Crippen LogP) is -0.156. The normalized spacial score (nSPS) is 25.7. The van der Waals surface area contributed by atoms with Gasteiger partial charge in [0.25, 0.3) is 5.56 Å². The third-order valence-corrected chi connectivity index (χ3v) is 5.98. The van der Waals surface area contributed by atoms with E-state index in [4.69, 9.17) is 4.74 Å². The number of pyridine rings is 1. The molecule has 3 aliphatic rings. The summed E-state index contributed by atoms with van der Waals surface area (Å²) in [6.07, 6.45) is 1.18. The van der Waals surface area contributed by atoms with E-state index in [9.17, 15) is 9.59 Å². The van der Waals surface area contributed by atoms with Gasteiger partial charge < -0.3 is 14.6 Å². The van der Waals surface area contributed by atoms with Crippen LogP contribution in [0.1, 0.15) is 23.6 Å². The largest absolute Gasteiger partial charge is 0.378 e. The number of aromatic nitrogens is 1. The molecule has 2 atom stereocenters. The summed E-state index contributed by atoms with van der Waals surface area (Å²) in [5.41, 5.74) is 2.06. The molecule has 2 bridgehead atoms. The van der Waals surface area contributed by atoms with Gasteiger partial charge in [-0.05, 0) is 25.5 Å². The zero-order valence-electron chi connectivity index (χ0n) is 15.6. The minimum absolute atomic E-state index is 0.0415. The molecule has 3 aliphatic heterocycles. The van der Waals surface area contributed by atoms with E-state index in [1.54, 1.807) is 7.05 Å². The number of likely N-dealkylation sites (tertiary alicyclic amines) is 1. The maximum absolute atomic E-state index is 13.0. The van der Waals surface area contributed by atoms with Crippen LogP contribution in [0.4, 0.5) is 0 Å². The van der Waals surface area contributed by atoms with Gasteiger partial charge >= 0.3 is 0 Å². The molecule has 0 aromatic carbocycles. The maximum atomic E-state index is 13.0. The van der Waals surface area contributed by atoms with Gasteiger partial charge in [-0.2, -0.15) is 0 Å². The van der Waals surface area contributed by atoms with Crippen molar-refractivity contribution in [3.63, 3.8) is 0 Å². The van der Waals surface area contributed by atoms with Crippen molar-refractivity contribution >= 4 is 5.91 Å². The Hall–Kier alpha value is -1.70. The van der Waals surface area contributed by atoms with Gasteiger partial charge in [-0.1, -0.05) is 6.07 Å². The average molecular weight is 360 g/mol. The highest BCUT2D eigenvalue weighted by Crippen LogP contribution is 2.36. The van der Waals surface area contributed by atoms with E-state index in [1.807, 2.05) is 22.6 Å². The highest BCUT2D eigenvalue weighted by molar-refractivity contribution is 5.77. The third-order valence-electron chi connectivity index (χ3n) is 5.98. The molecule has 4 rings (SSSR count). The predicted molar refractivity (Wildman–Crippen MR) is 98.1 cm³/mol. The zero-order chi connectivity index (χ0) is 18.3. The first-order valence-corrected chi connectivity index (χ1v) is 9.48. The lowest BCUT2D eigenvalue weighted by molar-refractivity contribution is -0.121. The standard InChI is InChI=1S/C19H28N4O3/c1-20-18(24)10-21(2)8-14-3-4-17-15-5-13(7-23(17)19(14)25)6-22(9-15)16-11-26-12-16/h3-4,13,15-16H,5-12H2,1-2H3,(H,20,24)/t13-,15+/m0/s1. The highest BCUT2D eigenvalue weighted by atomic mass is 16.5. The second-order valence-electron chi connectivity index (χ2n) is 7.99. The van der Waals surface area contributed by atoms with Crippen molar-refractivity contribution in [1.29, 1.82) is 0 Å². The number of likely N-dealkylation sites (N-methyl/N-ethyl adjacent to an activating group) is 2. The van der Waals surface area contributed by atoms with Crippen molar-refractivity contribution in [1.82, 2.24) is 19.7 Å². The van der Waals surface area contributed by atoms with Crippen molar-refractivity contribution in [2.75, 3.05) is 46.9 Å². The molecule has 4 heterocycles. The van der Waals surface area contributed by atoms with Gasteiger partial charge in [0.05, 0.1) is 25.8 Å². The summed E-state index contributed by atoms with van der Waals surface area (Å²) in [4.78, 5) is 29.0. The Kier molecular flexibility index (Phi) is 4.86. The van der Waals surface area contributed by atoms with Crippen molar-refractivity contribution in [3.05, 3.63) is 33.7 Å². The number of fused-ring (bicyclic) bond motifs is 4. The Labute approximate surface area is 153 Å². The van der Waals surface area contributed by atoms with Crippen LogP contribution in [-0.2, 0) is 22.6 Å². The molecule has 0 aliphatic carbocycles. The number of ether oxygens (including phenoxy) is 1. The fourth-order valence-electron chi connectivity index (χ4n) is 4.55. The van der Waals surface area contributed by atoms with Crippen LogP contribution in [0.2, 0.25) is 0 Å². The van der Waals surface area contributed by atoms with E-state index in [0.717, 1.165) is 38.4 Å². The van der Waals surface area contributed by atoms with Gasteiger partial charge in [-0.15, -0.1) is 0 Å². The van der Waals surface area contributed by atoms with Gasteiger partial charge in [0.2, 0.25) is 5.91 Å². The van der Waals surface area contributed by atoms with E-state index in [2.05, 4.69) is 16.3 Å². The fraction of sp³-hybridized carbons (Fsp3) is 0.684. The summed E-state index contributed by atoms with van der Waals surface area (Å²) in [6, 6.07) is 4.66. The second-order valence-corrected chi connectivity index (χ2v) is 7.99. The van der Waals surface area contributed by atoms with Gasteiger partial charge in [0.1, 0.15) is 0 Å². The molecular formula is C19H28N4O3. The molecule has 2 saturated heterocycles. The molecule has 2 fully saturated rings. The van der Waals surface area contributed by atoms with E-state index in [0.29, 0.717) is 31.0 Å². The Morgan fingerprint density at radius 2 is 2.12 bits per heavy atom. The van der Waals surface area contributed by atoms with Crippen molar-refractivity contribution in [2.45, 2.75) is 31.5 Å². The Bertz CT molecular complexity index is 743. The van der Waals surface area contributed by atoms with E-state index in [1.165, 1.54) is 12.1 Å². The molecule has 26 heavy (non-hydrogen) atoms. The number of carbonyl (C=O) groups is 1. The van der Waals surface area contributed by atoms with Gasteiger partial charge in [0, 0.05) is 50.4 Å². The molecule has 1 aromatic rings. The molecule has 1 amide bonds. The first-order valence-electron chi connectivity index (χ1n) is 9.48. The number of hydrogen-bond acceptors (Lipinski definition) is 5. The van der Waals surface area contributed by atoms with Crippen LogP contribution in [0.15, 0.2) is 16.9 Å². The number of amides is 1. The number of nitrogens with one attached hydrogen (secondary N) is 1. The topological polar surface area (TPSA) is 66.8 Å². The lowest BCUT2D eigenvalue weighted by atomic mass is 9.82. The minimum atomic E-state index is -0.0415. The monoisotopic (exact) mass is 360 g/mol. The van der Waals surface area contributed by atoms with Crippen LogP contribution in [0, 0.1) is 5.92 Å². The van der Waals surface area contributed by atoms with Gasteiger partial charge in [0.15, 0.2) is 0 Å². The lowest BCUT2D eigenvalue weighted by Crippen LogP contribution is -2.56. The lowest BCUT2D eigenvalue weighted by Gasteiger charge is -2.47. The van der Waals surface area contributed by atoms with Crippen molar-refractivity contribution in [3.8, 4) is 0 Å². The van der Waals surface area contributed by atoms with E-state index < -0.39 is 0 Å². The van der Waals surface area contributed by atoms with Gasteiger partial charge in [-0.25, -0.2) is 0 Å². The Morgan fingerprint density at radius 1 is 1.31 bits per heavy atom. The summed E-state index contributed by atoms with van der Waals surface area (Å²) in [7, 11) is 3.49. The molecule has 1 aromatic heterocycles. The minimum Gasteiger partial charge on any atom is -0.378 e. The average Bonchev–Trinajstić information content (AvgIpc) is 2.56. The second kappa shape index (κ2) is 7.13. The number of hydrogen-bond donors (Lipinski definition) is 1. The smallest absolute Gasteiger partial charge is 0.255 e. The van der Waals surface area contributed by atoms with Crippen LogP contribution in [-0.4, -0.2) is 73.3 Å². The summed E-state index contributed by atoms with van der Waals surface area (Å²) in [5.74, 6) is 0.937. The Morgan fingerprint density at radius 3 is 2.81 bits per heavy atom. The summed E-state index contributed by atoms with van der Waals surface area (Å²) >= 11 is 0. The van der Waals surface area contributed by atoms with E-state index in [-0.39, 0.29) is 11.5 Å². The number of carbonyl (C=O) groups excluding carboxylic acids is 1. The van der Waals surface area contributed by atoms with Crippen LogP contribution >= 0.6 is 0 Å². The van der Waals surface area contributed by atoms with Crippen molar-refractivity contribution < 1.29 is 9.53 Å². The maximum Gasteiger partial charge on any atom is 0.255 e. The molecule has 0 unspecified atom stereocenters. The molecule has 7 nitrogen and oxygen atoms in total. The highest BCUT2D eigenvalue weighted by Gasteiger charge is 2.39. The number of rotatable bonds is 5. The van der Waals surface area contributed by atoms with E-state index >= 15 is 0 Å². The van der Waals surface area contributed by atoms with Crippen molar-refractivity contribution in [2.24, 2.45) is 5.92 Å². The van der Waals surface area contributed by atoms with Crippen LogP contribution < -0.4 is 10.9 Å². The first kappa shape index (κ1) is 17.7. The summed E-state index contributed by atoms with van der Waals surface area (Å²) in [6.45, 7) is 5.39. The number of nitrogens with zero attached hydrogens (tertiary/aromatic N) is 3. The SMILES string of the molecule is CNC(=O)CN(C)Cc1ccc2n(c1=O)C[C@H]1C[C@@H]2CN(C2COC2)C1. The van der Waals surface area contributed by atoms with Crippen LogP contribution in [0.5, 0.6) is 0 Å². The quantitative estimate of drug-likeness (QED) is 0.791. The molecule has 7 heteroatoms. The third kappa shape index (κ3) is 3.31. The summed E-state index contributed by atoms with van der Waals surface area (Å²) in [5, 5.41) is 2.62. The van der Waals surface area contributed by atoms with Crippen LogP contribution in [0.25, 0.3) is 0 Å². The molecule has 0 saturated carbocycles. The first-order chi connectivity index (χ1) is 12.5. The summed E-state index contributed by atoms with van der Waals surface area (Å²) < 4.78 is 7.35. The molecular weight excluding hydrogens is 332 g/mol. The fourth-order valence-corrected chi connectivity index (χ4v) is 4.55. The molecule has 1 N–H and O–H groups in total. The Balaban J connectivity index is 1.52. The molecule has 0 spiro atoms. The van der Waals surface area contributed by atoms with Crippen LogP contribution in [0.3, 0.4) is 0 Å².